The minimum Gasteiger partial charge on any atom is -0.472 e. The zero-order valence-corrected chi connectivity index (χ0v) is 14.7. The van der Waals surface area contributed by atoms with Crippen molar-refractivity contribution in [2.75, 3.05) is 23.3 Å². The third-order valence-electron chi connectivity index (χ3n) is 4.20. The van der Waals surface area contributed by atoms with E-state index in [0.29, 0.717) is 5.88 Å². The Kier molecular flexibility index (Phi) is 5.48. The Morgan fingerprint density at radius 2 is 1.84 bits per heavy atom. The van der Waals surface area contributed by atoms with Crippen molar-refractivity contribution in [3.05, 3.63) is 42.7 Å². The molecule has 1 aliphatic heterocycles. The van der Waals surface area contributed by atoms with Crippen molar-refractivity contribution in [3.63, 3.8) is 0 Å². The van der Waals surface area contributed by atoms with Crippen LogP contribution in [0.15, 0.2) is 42.7 Å². The van der Waals surface area contributed by atoms with Gasteiger partial charge in [-0.3, -0.25) is 4.79 Å². The summed E-state index contributed by atoms with van der Waals surface area (Å²) in [5.74, 6) is 1.43. The first-order chi connectivity index (χ1) is 12.1. The van der Waals surface area contributed by atoms with E-state index in [2.05, 4.69) is 20.2 Å². The normalized spacial score (nSPS) is 15.2. The fourth-order valence-corrected chi connectivity index (χ4v) is 2.96. The average Bonchev–Trinajstić information content (AvgIpc) is 2.63. The lowest BCUT2D eigenvalue weighted by molar-refractivity contribution is -0.120. The van der Waals surface area contributed by atoms with Crippen molar-refractivity contribution in [1.82, 2.24) is 9.97 Å². The van der Waals surface area contributed by atoms with E-state index >= 15 is 0 Å². The molecule has 0 radical (unpaired) electrons. The highest BCUT2D eigenvalue weighted by molar-refractivity contribution is 5.92. The molecule has 2 aromatic rings. The molecule has 0 saturated carbocycles. The van der Waals surface area contributed by atoms with Gasteiger partial charge in [0.15, 0.2) is 5.82 Å². The number of piperidine rings is 1. The smallest absolute Gasteiger partial charge is 0.257 e. The van der Waals surface area contributed by atoms with Crippen molar-refractivity contribution in [1.29, 1.82) is 0 Å². The van der Waals surface area contributed by atoms with Gasteiger partial charge in [-0.25, -0.2) is 9.97 Å². The molecule has 132 valence electrons. The molecule has 1 saturated heterocycles. The quantitative estimate of drug-likeness (QED) is 0.906. The molecule has 1 aromatic heterocycles. The number of carbonyl (C=O) groups excluding carboxylic acids is 1. The molecule has 0 unspecified atom stereocenters. The van der Waals surface area contributed by atoms with Crippen molar-refractivity contribution in [3.8, 4) is 5.88 Å². The van der Waals surface area contributed by atoms with E-state index in [1.54, 1.807) is 12.4 Å². The summed E-state index contributed by atoms with van der Waals surface area (Å²) in [6.45, 7) is 5.47. The highest BCUT2D eigenvalue weighted by atomic mass is 16.5. The van der Waals surface area contributed by atoms with Crippen molar-refractivity contribution in [2.45, 2.75) is 32.8 Å². The van der Waals surface area contributed by atoms with Gasteiger partial charge in [-0.2, -0.15) is 0 Å². The van der Waals surface area contributed by atoms with Gasteiger partial charge >= 0.3 is 0 Å². The van der Waals surface area contributed by atoms with Gasteiger partial charge in [0.25, 0.3) is 5.88 Å². The van der Waals surface area contributed by atoms with E-state index < -0.39 is 0 Å². The Balaban J connectivity index is 1.60. The third kappa shape index (κ3) is 4.47. The van der Waals surface area contributed by atoms with Gasteiger partial charge in [0.2, 0.25) is 5.91 Å². The zero-order chi connectivity index (χ0) is 17.6. The number of nitrogens with zero attached hydrogens (tertiary/aromatic N) is 3. The van der Waals surface area contributed by atoms with Crippen LogP contribution in [0.4, 0.5) is 11.5 Å². The maximum atomic E-state index is 12.4. The van der Waals surface area contributed by atoms with Crippen molar-refractivity contribution in [2.24, 2.45) is 5.92 Å². The summed E-state index contributed by atoms with van der Waals surface area (Å²) in [6, 6.07) is 9.58. The number of hydrogen-bond acceptors (Lipinski definition) is 5. The molecule has 1 aromatic carbocycles. The average molecular weight is 340 g/mol. The van der Waals surface area contributed by atoms with Gasteiger partial charge in [0.1, 0.15) is 0 Å². The molecule has 1 N–H and O–H groups in total. The largest absolute Gasteiger partial charge is 0.472 e. The standard InChI is InChI=1S/C19H24N4O2/c1-14(2)25-19-17(20-10-11-21-19)23-12-8-15(9-13-23)18(24)22-16-6-4-3-5-7-16/h3-7,10-11,14-15H,8-9,12-13H2,1-2H3,(H,22,24). The first-order valence-corrected chi connectivity index (χ1v) is 8.72. The summed E-state index contributed by atoms with van der Waals surface area (Å²) in [4.78, 5) is 23.3. The van der Waals surface area contributed by atoms with E-state index in [9.17, 15) is 4.79 Å². The van der Waals surface area contributed by atoms with Crippen LogP contribution in [0.3, 0.4) is 0 Å². The SMILES string of the molecule is CC(C)Oc1nccnc1N1CCC(C(=O)Nc2ccccc2)CC1. The first kappa shape index (κ1) is 17.2. The van der Waals surface area contributed by atoms with Crippen LogP contribution in [-0.2, 0) is 4.79 Å². The fraction of sp³-hybridized carbons (Fsp3) is 0.421. The molecule has 6 heteroatoms. The molecule has 25 heavy (non-hydrogen) atoms. The number of para-hydroxylation sites is 1. The molecule has 2 heterocycles. The molecule has 0 atom stereocenters. The predicted octanol–water partition coefficient (Wildman–Crippen LogP) is 3.12. The maximum absolute atomic E-state index is 12.4. The number of nitrogens with one attached hydrogen (secondary N) is 1. The van der Waals surface area contributed by atoms with Gasteiger partial charge < -0.3 is 15.0 Å². The van der Waals surface area contributed by atoms with Crippen LogP contribution >= 0.6 is 0 Å². The van der Waals surface area contributed by atoms with Crippen LogP contribution in [0.2, 0.25) is 0 Å². The molecule has 3 rings (SSSR count). The Labute approximate surface area is 148 Å². The number of rotatable bonds is 5. The van der Waals surface area contributed by atoms with E-state index in [1.807, 2.05) is 44.2 Å². The van der Waals surface area contributed by atoms with Gasteiger partial charge in [0.05, 0.1) is 6.10 Å². The predicted molar refractivity (Wildman–Crippen MR) is 97.8 cm³/mol. The number of benzene rings is 1. The Hall–Kier alpha value is -2.63. The van der Waals surface area contributed by atoms with Crippen LogP contribution in [0.25, 0.3) is 0 Å². The minimum atomic E-state index is 0.0163. The summed E-state index contributed by atoms with van der Waals surface area (Å²) in [7, 11) is 0. The second kappa shape index (κ2) is 7.96. The van der Waals surface area contributed by atoms with Crippen molar-refractivity contribution < 1.29 is 9.53 Å². The number of amides is 1. The first-order valence-electron chi connectivity index (χ1n) is 8.72. The van der Waals surface area contributed by atoms with Gasteiger partial charge in [-0.1, -0.05) is 18.2 Å². The topological polar surface area (TPSA) is 67.4 Å². The molecule has 0 spiro atoms. The van der Waals surface area contributed by atoms with E-state index in [-0.39, 0.29) is 17.9 Å². The second-order valence-corrected chi connectivity index (χ2v) is 6.47. The van der Waals surface area contributed by atoms with Gasteiger partial charge in [0, 0.05) is 37.1 Å². The van der Waals surface area contributed by atoms with Crippen LogP contribution in [0.1, 0.15) is 26.7 Å². The van der Waals surface area contributed by atoms with E-state index in [4.69, 9.17) is 4.74 Å². The number of aromatic nitrogens is 2. The minimum absolute atomic E-state index is 0.0163. The Morgan fingerprint density at radius 3 is 2.52 bits per heavy atom. The molecule has 0 bridgehead atoms. The summed E-state index contributed by atoms with van der Waals surface area (Å²) in [6.07, 6.45) is 4.94. The lowest BCUT2D eigenvalue weighted by Gasteiger charge is -2.32. The number of anilines is 2. The molecule has 1 aliphatic rings. The highest BCUT2D eigenvalue weighted by Crippen LogP contribution is 2.28. The summed E-state index contributed by atoms with van der Waals surface area (Å²) in [5, 5.41) is 2.99. The highest BCUT2D eigenvalue weighted by Gasteiger charge is 2.27. The van der Waals surface area contributed by atoms with Crippen molar-refractivity contribution >= 4 is 17.4 Å². The maximum Gasteiger partial charge on any atom is 0.257 e. The Morgan fingerprint density at radius 1 is 1.16 bits per heavy atom. The zero-order valence-electron chi connectivity index (χ0n) is 14.7. The summed E-state index contributed by atoms with van der Waals surface area (Å²) >= 11 is 0. The lowest BCUT2D eigenvalue weighted by Crippen LogP contribution is -2.39. The van der Waals surface area contributed by atoms with Gasteiger partial charge in [-0.05, 0) is 38.8 Å². The molecule has 1 fully saturated rings. The number of ether oxygens (including phenoxy) is 1. The van der Waals surface area contributed by atoms with Crippen LogP contribution in [0, 0.1) is 5.92 Å². The van der Waals surface area contributed by atoms with E-state index in [0.717, 1.165) is 37.4 Å². The monoisotopic (exact) mass is 340 g/mol. The second-order valence-electron chi connectivity index (χ2n) is 6.47. The Bertz CT molecular complexity index is 698. The van der Waals surface area contributed by atoms with Gasteiger partial charge in [-0.15, -0.1) is 0 Å². The number of hydrogen-bond donors (Lipinski definition) is 1. The number of carbonyl (C=O) groups is 1. The lowest BCUT2D eigenvalue weighted by atomic mass is 9.96. The van der Waals surface area contributed by atoms with Crippen LogP contribution in [0.5, 0.6) is 5.88 Å². The third-order valence-corrected chi connectivity index (χ3v) is 4.20. The van der Waals surface area contributed by atoms with Crippen LogP contribution in [-0.4, -0.2) is 35.1 Å². The van der Waals surface area contributed by atoms with E-state index in [1.165, 1.54) is 0 Å². The molecule has 1 amide bonds. The molecular formula is C19H24N4O2. The molecular weight excluding hydrogens is 316 g/mol. The van der Waals surface area contributed by atoms with Crippen LogP contribution < -0.4 is 15.0 Å². The summed E-state index contributed by atoms with van der Waals surface area (Å²) in [5.41, 5.74) is 0.844. The molecule has 6 nitrogen and oxygen atoms in total. The fourth-order valence-electron chi connectivity index (χ4n) is 2.96. The molecule has 0 aliphatic carbocycles. The summed E-state index contributed by atoms with van der Waals surface area (Å²) < 4.78 is 5.76.